The lowest BCUT2D eigenvalue weighted by Crippen LogP contribution is -2.26. The van der Waals surface area contributed by atoms with Crippen LogP contribution in [-0.4, -0.2) is 30.1 Å². The molecule has 1 heterocycles. The van der Waals surface area contributed by atoms with Gasteiger partial charge < -0.3 is 25.4 Å². The van der Waals surface area contributed by atoms with Crippen molar-refractivity contribution in [2.75, 3.05) is 12.4 Å². The highest BCUT2D eigenvalue weighted by Crippen LogP contribution is 2.40. The largest absolute Gasteiger partial charge is 0.497 e. The molecular weight excluding hydrogens is 500 g/mol. The molecule has 4 aromatic rings. The lowest BCUT2D eigenvalue weighted by Gasteiger charge is -2.10. The molecule has 1 fully saturated rings. The average molecular weight is 529 g/mol. The van der Waals surface area contributed by atoms with Crippen molar-refractivity contribution in [1.82, 2.24) is 15.6 Å². The number of benzene rings is 3. The van der Waals surface area contributed by atoms with E-state index in [9.17, 15) is 9.59 Å². The number of hydrogen-bond acceptors (Lipinski definition) is 7. The van der Waals surface area contributed by atoms with Crippen molar-refractivity contribution in [2.45, 2.75) is 32.4 Å². The van der Waals surface area contributed by atoms with E-state index in [1.54, 1.807) is 7.11 Å². The number of methoxy groups -OCH3 is 1. The molecule has 9 heteroatoms. The minimum absolute atomic E-state index is 0.0901. The maximum absolute atomic E-state index is 12.7. The number of rotatable bonds is 9. The molecule has 1 aliphatic carbocycles. The lowest BCUT2D eigenvalue weighted by atomic mass is 10.1. The molecule has 0 saturated heterocycles. The molecule has 0 unspecified atom stereocenters. The second kappa shape index (κ2) is 11.4. The molecule has 1 saturated carbocycles. The van der Waals surface area contributed by atoms with Crippen LogP contribution in [0.1, 0.15) is 34.3 Å². The van der Waals surface area contributed by atoms with Crippen molar-refractivity contribution in [3.8, 4) is 22.1 Å². The molecule has 0 spiro atoms. The smallest absolute Gasteiger partial charge is 0.413 e. The maximum Gasteiger partial charge on any atom is 0.413 e. The number of anilines is 2. The molecule has 0 atom stereocenters. The predicted molar refractivity (Wildman–Crippen MR) is 148 cm³/mol. The topological polar surface area (TPSA) is 102 Å². The summed E-state index contributed by atoms with van der Waals surface area (Å²) in [5, 5.41) is 10.00. The molecule has 0 bridgehead atoms. The fourth-order valence-corrected chi connectivity index (χ4v) is 4.61. The molecule has 0 aliphatic heterocycles. The van der Waals surface area contributed by atoms with Crippen LogP contribution in [0.2, 0.25) is 0 Å². The molecule has 3 aromatic carbocycles. The average Bonchev–Trinajstić information content (AvgIpc) is 3.67. The molecule has 1 aliphatic rings. The van der Waals surface area contributed by atoms with Gasteiger partial charge in [0.25, 0.3) is 5.91 Å². The van der Waals surface area contributed by atoms with E-state index in [0.29, 0.717) is 33.7 Å². The number of thiazole rings is 1. The van der Waals surface area contributed by atoms with E-state index in [0.717, 1.165) is 35.2 Å². The summed E-state index contributed by atoms with van der Waals surface area (Å²) in [7, 11) is 1.60. The summed E-state index contributed by atoms with van der Waals surface area (Å²) in [6, 6.07) is 22.8. The molecule has 1 aromatic heterocycles. The van der Waals surface area contributed by atoms with Crippen molar-refractivity contribution in [3.63, 3.8) is 0 Å². The van der Waals surface area contributed by atoms with Gasteiger partial charge in [-0.1, -0.05) is 47.7 Å². The van der Waals surface area contributed by atoms with Gasteiger partial charge in [0.2, 0.25) is 5.06 Å². The molecule has 38 heavy (non-hydrogen) atoms. The summed E-state index contributed by atoms with van der Waals surface area (Å²) >= 11 is 1.22. The minimum Gasteiger partial charge on any atom is -0.497 e. The Morgan fingerprint density at radius 3 is 2.50 bits per heavy atom. The van der Waals surface area contributed by atoms with Crippen LogP contribution in [0.25, 0.3) is 11.3 Å². The zero-order chi connectivity index (χ0) is 26.5. The highest BCUT2D eigenvalue weighted by atomic mass is 32.1. The number of carbonyl (C=O) groups is 2. The first kappa shape index (κ1) is 25.3. The van der Waals surface area contributed by atoms with E-state index in [-0.39, 0.29) is 11.9 Å². The van der Waals surface area contributed by atoms with Gasteiger partial charge in [0.05, 0.1) is 7.11 Å². The summed E-state index contributed by atoms with van der Waals surface area (Å²) in [5.41, 5.74) is 4.55. The van der Waals surface area contributed by atoms with Gasteiger partial charge in [-0.05, 0) is 67.3 Å². The van der Waals surface area contributed by atoms with Gasteiger partial charge in [-0.25, -0.2) is 9.78 Å². The van der Waals surface area contributed by atoms with E-state index < -0.39 is 6.09 Å². The number of aromatic nitrogens is 1. The molecule has 3 N–H and O–H groups in total. The Hall–Kier alpha value is -4.37. The Morgan fingerprint density at radius 1 is 1.03 bits per heavy atom. The summed E-state index contributed by atoms with van der Waals surface area (Å²) in [4.78, 5) is 30.0. The number of hydrogen-bond donors (Lipinski definition) is 3. The Bertz CT molecular complexity index is 1430. The summed E-state index contributed by atoms with van der Waals surface area (Å²) in [6.45, 7) is 2.30. The Balaban J connectivity index is 1.38. The number of nitrogens with zero attached hydrogens (tertiary/aromatic N) is 1. The lowest BCUT2D eigenvalue weighted by molar-refractivity contribution is 0.0951. The SMILES string of the molecule is COc1ccc(-c2nc(Nc3cc(C(=O)NC4CC4)ccc3C)sc2OC(=O)NCc2ccccc2)cc1. The summed E-state index contributed by atoms with van der Waals surface area (Å²) in [6.07, 6.45) is 1.48. The van der Waals surface area contributed by atoms with Gasteiger partial charge in [-0.2, -0.15) is 0 Å². The molecular formula is C29H28N4O4S. The minimum atomic E-state index is -0.575. The van der Waals surface area contributed by atoms with Crippen LogP contribution >= 0.6 is 11.3 Å². The van der Waals surface area contributed by atoms with Gasteiger partial charge >= 0.3 is 6.09 Å². The van der Waals surface area contributed by atoms with E-state index in [2.05, 4.69) is 16.0 Å². The zero-order valence-electron chi connectivity index (χ0n) is 21.1. The van der Waals surface area contributed by atoms with Crippen LogP contribution in [0.3, 0.4) is 0 Å². The van der Waals surface area contributed by atoms with E-state index >= 15 is 0 Å². The van der Waals surface area contributed by atoms with Gasteiger partial charge in [-0.3, -0.25) is 4.79 Å². The summed E-state index contributed by atoms with van der Waals surface area (Å²) < 4.78 is 11.0. The Morgan fingerprint density at radius 2 is 1.79 bits per heavy atom. The Kier molecular flexibility index (Phi) is 7.55. The molecule has 5 rings (SSSR count). The number of nitrogens with one attached hydrogen (secondary N) is 3. The monoisotopic (exact) mass is 528 g/mol. The van der Waals surface area contributed by atoms with Gasteiger partial charge in [0.1, 0.15) is 11.4 Å². The van der Waals surface area contributed by atoms with E-state index in [4.69, 9.17) is 14.5 Å². The Labute approximate surface area is 225 Å². The van der Waals surface area contributed by atoms with Gasteiger partial charge in [0.15, 0.2) is 5.13 Å². The fraction of sp³-hybridized carbons (Fsp3) is 0.207. The maximum atomic E-state index is 12.7. The van der Waals surface area contributed by atoms with Crippen molar-refractivity contribution in [1.29, 1.82) is 0 Å². The van der Waals surface area contributed by atoms with Crippen molar-refractivity contribution >= 4 is 34.2 Å². The normalized spacial score (nSPS) is 12.5. The van der Waals surface area contributed by atoms with E-state index in [1.807, 2.05) is 79.7 Å². The summed E-state index contributed by atoms with van der Waals surface area (Å²) in [5.74, 6) is 0.620. The van der Waals surface area contributed by atoms with Crippen LogP contribution < -0.4 is 25.4 Å². The van der Waals surface area contributed by atoms with Crippen LogP contribution in [0.5, 0.6) is 10.8 Å². The molecule has 2 amide bonds. The zero-order valence-corrected chi connectivity index (χ0v) is 21.9. The molecule has 0 radical (unpaired) electrons. The third kappa shape index (κ3) is 6.30. The molecule has 8 nitrogen and oxygen atoms in total. The van der Waals surface area contributed by atoms with Crippen molar-refractivity contribution in [3.05, 3.63) is 89.5 Å². The predicted octanol–water partition coefficient (Wildman–Crippen LogP) is 6.05. The third-order valence-electron chi connectivity index (χ3n) is 6.08. The van der Waals surface area contributed by atoms with E-state index in [1.165, 1.54) is 11.3 Å². The standard InChI is InChI=1S/C29H28N4O4S/c1-18-8-9-21(26(34)31-22-12-13-22)16-24(18)32-28-33-25(20-10-14-23(36-2)15-11-20)27(38-28)37-29(35)30-17-19-6-4-3-5-7-19/h3-11,14-16,22H,12-13,17H2,1-2H3,(H,30,35)(H,31,34)(H,32,33). The number of aryl methyl sites for hydroxylation is 1. The van der Waals surface area contributed by atoms with Crippen LogP contribution in [-0.2, 0) is 6.54 Å². The fourth-order valence-electron chi connectivity index (χ4n) is 3.76. The number of amides is 2. The second-order valence-electron chi connectivity index (χ2n) is 9.01. The third-order valence-corrected chi connectivity index (χ3v) is 6.93. The first-order valence-electron chi connectivity index (χ1n) is 12.3. The van der Waals surface area contributed by atoms with Crippen LogP contribution in [0.15, 0.2) is 72.8 Å². The van der Waals surface area contributed by atoms with Gasteiger partial charge in [-0.15, -0.1) is 0 Å². The first-order valence-corrected chi connectivity index (χ1v) is 13.1. The van der Waals surface area contributed by atoms with Crippen molar-refractivity contribution in [2.24, 2.45) is 0 Å². The highest BCUT2D eigenvalue weighted by Gasteiger charge is 2.24. The first-order chi connectivity index (χ1) is 18.5. The van der Waals surface area contributed by atoms with Crippen LogP contribution in [0.4, 0.5) is 15.6 Å². The van der Waals surface area contributed by atoms with Crippen LogP contribution in [0, 0.1) is 6.92 Å². The molecule has 194 valence electrons. The van der Waals surface area contributed by atoms with Crippen molar-refractivity contribution < 1.29 is 19.1 Å². The number of ether oxygens (including phenoxy) is 2. The van der Waals surface area contributed by atoms with Gasteiger partial charge in [0, 0.05) is 29.4 Å². The highest BCUT2D eigenvalue weighted by molar-refractivity contribution is 7.18. The number of carbonyl (C=O) groups excluding carboxylic acids is 2. The second-order valence-corrected chi connectivity index (χ2v) is 9.98. The quantitative estimate of drug-likeness (QED) is 0.244.